The first-order valence-electron chi connectivity index (χ1n) is 8.44. The van der Waals surface area contributed by atoms with Crippen molar-refractivity contribution in [2.45, 2.75) is 44.6 Å². The molecule has 1 aromatic rings. The van der Waals surface area contributed by atoms with E-state index in [4.69, 9.17) is 0 Å². The first kappa shape index (κ1) is 16.5. The second kappa shape index (κ2) is 7.03. The highest BCUT2D eigenvalue weighted by Gasteiger charge is 2.31. The van der Waals surface area contributed by atoms with Crippen LogP contribution in [0.2, 0.25) is 0 Å². The van der Waals surface area contributed by atoms with Gasteiger partial charge in [0.2, 0.25) is 11.8 Å². The van der Waals surface area contributed by atoms with E-state index >= 15 is 0 Å². The Kier molecular flexibility index (Phi) is 4.83. The van der Waals surface area contributed by atoms with Crippen molar-refractivity contribution in [3.05, 3.63) is 29.8 Å². The zero-order chi connectivity index (χ0) is 17.1. The van der Waals surface area contributed by atoms with E-state index in [-0.39, 0.29) is 24.2 Å². The van der Waals surface area contributed by atoms with Gasteiger partial charge in [-0.1, -0.05) is 31.0 Å². The number of carboxylic acid groups (broad SMARTS) is 1. The van der Waals surface area contributed by atoms with Gasteiger partial charge in [0.05, 0.1) is 0 Å². The Labute approximate surface area is 140 Å². The highest BCUT2D eigenvalue weighted by atomic mass is 16.4. The van der Waals surface area contributed by atoms with E-state index in [0.29, 0.717) is 25.2 Å². The summed E-state index contributed by atoms with van der Waals surface area (Å²) in [7, 11) is 0. The van der Waals surface area contributed by atoms with Crippen LogP contribution in [0, 0.1) is 11.8 Å². The molecule has 2 atom stereocenters. The molecule has 24 heavy (non-hydrogen) atoms. The Balaban J connectivity index is 1.50. The maximum absolute atomic E-state index is 12.1. The van der Waals surface area contributed by atoms with Crippen LogP contribution in [0.25, 0.3) is 0 Å². The minimum atomic E-state index is -0.986. The van der Waals surface area contributed by atoms with Gasteiger partial charge in [0.25, 0.3) is 0 Å². The largest absolute Gasteiger partial charge is 0.480 e. The summed E-state index contributed by atoms with van der Waals surface area (Å²) in [4.78, 5) is 35.4. The third-order valence-electron chi connectivity index (χ3n) is 4.73. The van der Waals surface area contributed by atoms with Crippen molar-refractivity contribution in [2.75, 3.05) is 5.32 Å². The fourth-order valence-corrected chi connectivity index (χ4v) is 3.13. The Morgan fingerprint density at radius 2 is 2.04 bits per heavy atom. The Hall–Kier alpha value is -2.37. The lowest BCUT2D eigenvalue weighted by molar-refractivity contribution is -0.142. The zero-order valence-corrected chi connectivity index (χ0v) is 13.5. The van der Waals surface area contributed by atoms with Crippen molar-refractivity contribution < 1.29 is 19.5 Å². The average Bonchev–Trinajstić information content (AvgIpc) is 3.36. The number of carbonyl (C=O) groups excluding carboxylic acids is 2. The molecule has 0 aromatic heterocycles. The van der Waals surface area contributed by atoms with Gasteiger partial charge in [-0.05, 0) is 36.8 Å². The molecular weight excluding hydrogens is 308 g/mol. The number of carboxylic acids is 1. The molecule has 1 fully saturated rings. The first-order valence-corrected chi connectivity index (χ1v) is 8.44. The highest BCUT2D eigenvalue weighted by Crippen LogP contribution is 2.33. The number of carbonyl (C=O) groups is 3. The summed E-state index contributed by atoms with van der Waals surface area (Å²) in [6.07, 6.45) is 3.77. The summed E-state index contributed by atoms with van der Waals surface area (Å²) >= 11 is 0. The molecule has 2 amide bonds. The number of nitrogens with one attached hydrogen (secondary N) is 2. The Bertz CT molecular complexity index is 654. The molecule has 1 saturated carbocycles. The van der Waals surface area contributed by atoms with Crippen LogP contribution < -0.4 is 10.6 Å². The molecule has 6 nitrogen and oxygen atoms in total. The van der Waals surface area contributed by atoms with Crippen LogP contribution >= 0.6 is 0 Å². The van der Waals surface area contributed by atoms with Gasteiger partial charge in [-0.15, -0.1) is 0 Å². The molecule has 3 N–H and O–H groups in total. The smallest absolute Gasteiger partial charge is 0.326 e. The lowest BCUT2D eigenvalue weighted by atomic mass is 9.89. The Morgan fingerprint density at radius 1 is 1.29 bits per heavy atom. The molecule has 6 heteroatoms. The lowest BCUT2D eigenvalue weighted by Crippen LogP contribution is -2.41. The number of hydrogen-bond acceptors (Lipinski definition) is 3. The minimum Gasteiger partial charge on any atom is -0.480 e. The molecule has 0 saturated heterocycles. The molecule has 0 bridgehead atoms. The van der Waals surface area contributed by atoms with Crippen molar-refractivity contribution >= 4 is 23.5 Å². The van der Waals surface area contributed by atoms with Crippen LogP contribution in [0.3, 0.4) is 0 Å². The normalized spacial score (nSPS) is 20.7. The van der Waals surface area contributed by atoms with E-state index in [9.17, 15) is 19.5 Å². The number of anilines is 1. The molecule has 1 aliphatic heterocycles. The second-order valence-electron chi connectivity index (χ2n) is 6.72. The SMILES string of the molecule is O=C(CCC1Cc2ccccc2NC1=O)NC(CC1CC1)C(=O)O. The van der Waals surface area contributed by atoms with Crippen molar-refractivity contribution in [2.24, 2.45) is 11.8 Å². The number of benzene rings is 1. The predicted molar refractivity (Wildman–Crippen MR) is 88.4 cm³/mol. The fourth-order valence-electron chi connectivity index (χ4n) is 3.13. The zero-order valence-electron chi connectivity index (χ0n) is 13.5. The van der Waals surface area contributed by atoms with Gasteiger partial charge in [0, 0.05) is 18.0 Å². The van der Waals surface area contributed by atoms with Crippen LogP contribution in [0.5, 0.6) is 0 Å². The number of amides is 2. The summed E-state index contributed by atoms with van der Waals surface area (Å²) < 4.78 is 0. The van der Waals surface area contributed by atoms with Gasteiger partial charge in [-0.3, -0.25) is 9.59 Å². The average molecular weight is 330 g/mol. The summed E-state index contributed by atoms with van der Waals surface area (Å²) in [5, 5.41) is 14.6. The molecule has 2 aliphatic rings. The van der Waals surface area contributed by atoms with Gasteiger partial charge >= 0.3 is 5.97 Å². The molecule has 1 aliphatic carbocycles. The van der Waals surface area contributed by atoms with E-state index < -0.39 is 12.0 Å². The number of rotatable bonds is 7. The highest BCUT2D eigenvalue weighted by molar-refractivity contribution is 5.96. The topological polar surface area (TPSA) is 95.5 Å². The fraction of sp³-hybridized carbons (Fsp3) is 0.500. The van der Waals surface area contributed by atoms with E-state index in [1.54, 1.807) is 0 Å². The van der Waals surface area contributed by atoms with Gasteiger partial charge in [-0.2, -0.15) is 0 Å². The van der Waals surface area contributed by atoms with E-state index in [1.807, 2.05) is 24.3 Å². The summed E-state index contributed by atoms with van der Waals surface area (Å²) in [6, 6.07) is 6.82. The third kappa shape index (κ3) is 4.13. The van der Waals surface area contributed by atoms with E-state index in [2.05, 4.69) is 10.6 Å². The number of fused-ring (bicyclic) bond motifs is 1. The van der Waals surface area contributed by atoms with E-state index in [1.165, 1.54) is 0 Å². The molecule has 1 aromatic carbocycles. The molecule has 1 heterocycles. The molecule has 128 valence electrons. The molecule has 3 rings (SSSR count). The van der Waals surface area contributed by atoms with Crippen LogP contribution in [0.4, 0.5) is 5.69 Å². The maximum Gasteiger partial charge on any atom is 0.326 e. The van der Waals surface area contributed by atoms with Crippen molar-refractivity contribution in [1.82, 2.24) is 5.32 Å². The summed E-state index contributed by atoms with van der Waals surface area (Å²) in [5.41, 5.74) is 1.90. The summed E-state index contributed by atoms with van der Waals surface area (Å²) in [6.45, 7) is 0. The number of para-hydroxylation sites is 1. The summed E-state index contributed by atoms with van der Waals surface area (Å²) in [5.74, 6) is -1.19. The van der Waals surface area contributed by atoms with Gasteiger partial charge < -0.3 is 15.7 Å². The van der Waals surface area contributed by atoms with Gasteiger partial charge in [0.1, 0.15) is 6.04 Å². The molecule has 2 unspecified atom stereocenters. The quantitative estimate of drug-likeness (QED) is 0.712. The first-order chi connectivity index (χ1) is 11.5. The molecule has 0 radical (unpaired) electrons. The minimum absolute atomic E-state index is 0.0748. The number of hydrogen-bond donors (Lipinski definition) is 3. The van der Waals surface area contributed by atoms with Gasteiger partial charge in [-0.25, -0.2) is 4.79 Å². The van der Waals surface area contributed by atoms with E-state index in [0.717, 1.165) is 24.1 Å². The predicted octanol–water partition coefficient (Wildman–Crippen LogP) is 1.95. The number of aliphatic carboxylic acids is 1. The standard InChI is InChI=1S/C18H22N2O4/c21-16(19-15(18(23)24)9-11-5-6-11)8-7-13-10-12-3-1-2-4-14(12)20-17(13)22/h1-4,11,13,15H,5-10H2,(H,19,21)(H,20,22)(H,23,24). The van der Waals surface area contributed by atoms with Crippen molar-refractivity contribution in [3.8, 4) is 0 Å². The monoisotopic (exact) mass is 330 g/mol. The lowest BCUT2D eigenvalue weighted by Gasteiger charge is -2.24. The van der Waals surface area contributed by atoms with Crippen LogP contribution in [-0.2, 0) is 20.8 Å². The maximum atomic E-state index is 12.1. The van der Waals surface area contributed by atoms with Crippen molar-refractivity contribution in [1.29, 1.82) is 0 Å². The van der Waals surface area contributed by atoms with Crippen LogP contribution in [0.1, 0.15) is 37.7 Å². The molecule has 0 spiro atoms. The second-order valence-corrected chi connectivity index (χ2v) is 6.72. The van der Waals surface area contributed by atoms with Crippen molar-refractivity contribution in [3.63, 3.8) is 0 Å². The van der Waals surface area contributed by atoms with Gasteiger partial charge in [0.15, 0.2) is 0 Å². The third-order valence-corrected chi connectivity index (χ3v) is 4.73. The van der Waals surface area contributed by atoms with Crippen LogP contribution in [0.15, 0.2) is 24.3 Å². The Morgan fingerprint density at radius 3 is 2.75 bits per heavy atom. The van der Waals surface area contributed by atoms with Crippen LogP contribution in [-0.4, -0.2) is 28.9 Å². The molecular formula is C18H22N2O4.